The standard InChI is InChI=1S/C15H19N3O3/c1-21-14(19)6-7-17-15(20)12(16)8-10-9-18-13-5-3-2-4-11(10)13/h2-5,9,12,18H,6-8,16H2,1H3,(H,17,20)/t12-/m0/s1. The molecule has 6 heteroatoms. The normalized spacial score (nSPS) is 12.1. The number of methoxy groups -OCH3 is 1. The van der Waals surface area contributed by atoms with Crippen molar-refractivity contribution >= 4 is 22.8 Å². The van der Waals surface area contributed by atoms with Gasteiger partial charge in [-0.3, -0.25) is 9.59 Å². The van der Waals surface area contributed by atoms with E-state index in [1.165, 1.54) is 7.11 Å². The molecule has 0 spiro atoms. The molecule has 1 amide bonds. The summed E-state index contributed by atoms with van der Waals surface area (Å²) in [7, 11) is 1.31. The number of nitrogens with one attached hydrogen (secondary N) is 2. The third-order valence-corrected chi connectivity index (χ3v) is 3.31. The van der Waals surface area contributed by atoms with Crippen LogP contribution in [0.2, 0.25) is 0 Å². The van der Waals surface area contributed by atoms with Crippen LogP contribution in [0.4, 0.5) is 0 Å². The first-order chi connectivity index (χ1) is 10.1. The third-order valence-electron chi connectivity index (χ3n) is 3.31. The van der Waals surface area contributed by atoms with Crippen molar-refractivity contribution in [3.8, 4) is 0 Å². The summed E-state index contributed by atoms with van der Waals surface area (Å²) >= 11 is 0. The fourth-order valence-corrected chi connectivity index (χ4v) is 2.15. The highest BCUT2D eigenvalue weighted by Crippen LogP contribution is 2.18. The van der Waals surface area contributed by atoms with E-state index in [-0.39, 0.29) is 24.8 Å². The maximum atomic E-state index is 11.9. The van der Waals surface area contributed by atoms with Crippen LogP contribution in [0.3, 0.4) is 0 Å². The molecule has 2 aromatic rings. The number of aromatic amines is 1. The van der Waals surface area contributed by atoms with Crippen molar-refractivity contribution < 1.29 is 14.3 Å². The molecule has 0 radical (unpaired) electrons. The number of aromatic nitrogens is 1. The maximum Gasteiger partial charge on any atom is 0.307 e. The van der Waals surface area contributed by atoms with Crippen molar-refractivity contribution in [1.29, 1.82) is 0 Å². The highest BCUT2D eigenvalue weighted by molar-refractivity contribution is 5.86. The van der Waals surface area contributed by atoms with Gasteiger partial charge < -0.3 is 20.8 Å². The molecule has 112 valence electrons. The number of benzene rings is 1. The van der Waals surface area contributed by atoms with E-state index >= 15 is 0 Å². The van der Waals surface area contributed by atoms with Gasteiger partial charge in [-0.15, -0.1) is 0 Å². The van der Waals surface area contributed by atoms with E-state index in [4.69, 9.17) is 5.73 Å². The number of H-pyrrole nitrogens is 1. The number of fused-ring (bicyclic) bond motifs is 1. The number of para-hydroxylation sites is 1. The van der Waals surface area contributed by atoms with Crippen molar-refractivity contribution in [3.05, 3.63) is 36.0 Å². The second kappa shape index (κ2) is 6.90. The molecule has 21 heavy (non-hydrogen) atoms. The molecular weight excluding hydrogens is 270 g/mol. The molecule has 1 aromatic carbocycles. The van der Waals surface area contributed by atoms with Crippen LogP contribution in [-0.4, -0.2) is 36.6 Å². The monoisotopic (exact) mass is 289 g/mol. The summed E-state index contributed by atoms with van der Waals surface area (Å²) in [5.41, 5.74) is 7.93. The van der Waals surface area contributed by atoms with E-state index in [9.17, 15) is 9.59 Å². The summed E-state index contributed by atoms with van der Waals surface area (Å²) in [6.45, 7) is 0.229. The number of ether oxygens (including phenoxy) is 1. The number of carbonyl (C=O) groups is 2. The Morgan fingerprint density at radius 3 is 2.90 bits per heavy atom. The first kappa shape index (κ1) is 15.1. The van der Waals surface area contributed by atoms with Crippen molar-refractivity contribution in [2.24, 2.45) is 5.73 Å². The van der Waals surface area contributed by atoms with Gasteiger partial charge in [0.1, 0.15) is 0 Å². The van der Waals surface area contributed by atoms with E-state index in [1.54, 1.807) is 0 Å². The summed E-state index contributed by atoms with van der Waals surface area (Å²) < 4.78 is 4.50. The quantitative estimate of drug-likeness (QED) is 0.682. The molecule has 0 saturated heterocycles. The van der Waals surface area contributed by atoms with Crippen LogP contribution in [0.5, 0.6) is 0 Å². The largest absolute Gasteiger partial charge is 0.469 e. The Hall–Kier alpha value is -2.34. The van der Waals surface area contributed by atoms with Gasteiger partial charge in [-0.05, 0) is 18.1 Å². The molecule has 1 aromatic heterocycles. The fraction of sp³-hybridized carbons (Fsp3) is 0.333. The van der Waals surface area contributed by atoms with Gasteiger partial charge >= 0.3 is 5.97 Å². The van der Waals surface area contributed by atoms with E-state index < -0.39 is 6.04 Å². The summed E-state index contributed by atoms with van der Waals surface area (Å²) in [4.78, 5) is 26.0. The van der Waals surface area contributed by atoms with Crippen molar-refractivity contribution in [2.45, 2.75) is 18.9 Å². The third kappa shape index (κ3) is 3.82. The smallest absolute Gasteiger partial charge is 0.307 e. The second-order valence-corrected chi connectivity index (χ2v) is 4.79. The Kier molecular flexibility index (Phi) is 4.94. The summed E-state index contributed by atoms with van der Waals surface area (Å²) in [6.07, 6.45) is 2.45. The summed E-state index contributed by atoms with van der Waals surface area (Å²) in [6, 6.07) is 7.20. The Morgan fingerprint density at radius 1 is 1.38 bits per heavy atom. The average molecular weight is 289 g/mol. The van der Waals surface area contributed by atoms with Crippen molar-refractivity contribution in [3.63, 3.8) is 0 Å². The molecular formula is C15H19N3O3. The lowest BCUT2D eigenvalue weighted by Crippen LogP contribution is -2.42. The van der Waals surface area contributed by atoms with Gasteiger partial charge in [0.05, 0.1) is 19.6 Å². The van der Waals surface area contributed by atoms with Gasteiger partial charge in [0.2, 0.25) is 5.91 Å². The van der Waals surface area contributed by atoms with E-state index in [1.807, 2.05) is 30.5 Å². The predicted molar refractivity (Wildman–Crippen MR) is 79.6 cm³/mol. The number of amides is 1. The van der Waals surface area contributed by atoms with Gasteiger partial charge in [-0.2, -0.15) is 0 Å². The molecule has 0 saturated carbocycles. The number of hydrogen-bond donors (Lipinski definition) is 3. The Labute approximate surface area is 122 Å². The second-order valence-electron chi connectivity index (χ2n) is 4.79. The predicted octanol–water partition coefficient (Wildman–Crippen LogP) is 0.717. The highest BCUT2D eigenvalue weighted by atomic mass is 16.5. The minimum Gasteiger partial charge on any atom is -0.469 e. The van der Waals surface area contributed by atoms with Gasteiger partial charge in [0.15, 0.2) is 0 Å². The van der Waals surface area contributed by atoms with E-state index in [0.717, 1.165) is 16.5 Å². The van der Waals surface area contributed by atoms with Crippen LogP contribution in [0.1, 0.15) is 12.0 Å². The average Bonchev–Trinajstić information content (AvgIpc) is 2.90. The first-order valence-corrected chi connectivity index (χ1v) is 6.77. The Bertz CT molecular complexity index is 636. The molecule has 0 aliphatic heterocycles. The molecule has 0 unspecified atom stereocenters. The van der Waals surface area contributed by atoms with Gasteiger partial charge in [-0.25, -0.2) is 0 Å². The van der Waals surface area contributed by atoms with Crippen LogP contribution in [0, 0.1) is 0 Å². The van der Waals surface area contributed by atoms with Crippen LogP contribution in [0.25, 0.3) is 10.9 Å². The molecule has 4 N–H and O–H groups in total. The number of esters is 1. The Balaban J connectivity index is 1.90. The van der Waals surface area contributed by atoms with Crippen LogP contribution < -0.4 is 11.1 Å². The van der Waals surface area contributed by atoms with E-state index in [0.29, 0.717) is 6.42 Å². The zero-order valence-corrected chi connectivity index (χ0v) is 11.9. The zero-order valence-electron chi connectivity index (χ0n) is 11.9. The first-order valence-electron chi connectivity index (χ1n) is 6.77. The molecule has 0 fully saturated rings. The number of carbonyl (C=O) groups excluding carboxylic acids is 2. The van der Waals surface area contributed by atoms with Gasteiger partial charge in [0.25, 0.3) is 0 Å². The minimum absolute atomic E-state index is 0.141. The zero-order chi connectivity index (χ0) is 15.2. The summed E-state index contributed by atoms with van der Waals surface area (Å²) in [5, 5.41) is 3.70. The molecule has 1 atom stereocenters. The lowest BCUT2D eigenvalue weighted by molar-refractivity contribution is -0.140. The Morgan fingerprint density at radius 2 is 2.14 bits per heavy atom. The van der Waals surface area contributed by atoms with Crippen molar-refractivity contribution in [1.82, 2.24) is 10.3 Å². The molecule has 6 nitrogen and oxygen atoms in total. The van der Waals surface area contributed by atoms with Crippen LogP contribution in [-0.2, 0) is 20.7 Å². The van der Waals surface area contributed by atoms with Crippen LogP contribution in [0.15, 0.2) is 30.5 Å². The minimum atomic E-state index is -0.651. The maximum absolute atomic E-state index is 11.9. The topological polar surface area (TPSA) is 97.2 Å². The molecule has 2 rings (SSSR count). The lowest BCUT2D eigenvalue weighted by Gasteiger charge is -2.11. The highest BCUT2D eigenvalue weighted by Gasteiger charge is 2.16. The van der Waals surface area contributed by atoms with Gasteiger partial charge in [0, 0.05) is 23.6 Å². The van der Waals surface area contributed by atoms with Crippen molar-refractivity contribution in [2.75, 3.05) is 13.7 Å². The SMILES string of the molecule is COC(=O)CCNC(=O)[C@@H](N)Cc1c[nH]c2ccccc12. The number of hydrogen-bond acceptors (Lipinski definition) is 4. The summed E-state index contributed by atoms with van der Waals surface area (Å²) in [5.74, 6) is -0.635. The molecule has 0 bridgehead atoms. The molecule has 1 heterocycles. The lowest BCUT2D eigenvalue weighted by atomic mass is 10.1. The molecule has 0 aliphatic rings. The molecule has 0 aliphatic carbocycles. The fourth-order valence-electron chi connectivity index (χ4n) is 2.15. The van der Waals surface area contributed by atoms with Gasteiger partial charge in [-0.1, -0.05) is 18.2 Å². The van der Waals surface area contributed by atoms with Crippen LogP contribution >= 0.6 is 0 Å². The number of rotatable bonds is 6. The van der Waals surface area contributed by atoms with E-state index in [2.05, 4.69) is 15.0 Å². The number of nitrogens with two attached hydrogens (primary N) is 1.